The Morgan fingerprint density at radius 3 is 2.43 bits per heavy atom. The molecule has 0 bridgehead atoms. The summed E-state index contributed by atoms with van der Waals surface area (Å²) in [5.74, 6) is 0.252. The van der Waals surface area contributed by atoms with Crippen molar-refractivity contribution in [1.82, 2.24) is 0 Å². The minimum Gasteiger partial charge on any atom is -0.497 e. The van der Waals surface area contributed by atoms with Crippen LogP contribution in [0.3, 0.4) is 0 Å². The number of carbonyl (C=O) groups is 2. The Kier molecular flexibility index (Phi) is 8.04. The Bertz CT molecular complexity index is 1330. The summed E-state index contributed by atoms with van der Waals surface area (Å²) in [6, 6.07) is 16.5. The minimum atomic E-state index is -1.22. The van der Waals surface area contributed by atoms with Gasteiger partial charge in [0.1, 0.15) is 29.5 Å². The van der Waals surface area contributed by atoms with Crippen LogP contribution in [0.5, 0.6) is 17.2 Å². The molecule has 2 atom stereocenters. The molecule has 0 saturated heterocycles. The zero-order chi connectivity index (χ0) is 26.7. The topological polar surface area (TPSA) is 94.5 Å². The summed E-state index contributed by atoms with van der Waals surface area (Å²) in [6.07, 6.45) is -2.41. The molecule has 1 aliphatic heterocycles. The van der Waals surface area contributed by atoms with Crippen LogP contribution in [0, 0.1) is 6.92 Å². The first-order valence-electron chi connectivity index (χ1n) is 11.6. The Labute approximate surface area is 223 Å². The molecule has 1 amide bonds. The molecule has 3 aromatic carbocycles. The summed E-state index contributed by atoms with van der Waals surface area (Å²) in [7, 11) is 4.70. The fourth-order valence-electron chi connectivity index (χ4n) is 4.56. The van der Waals surface area contributed by atoms with Crippen molar-refractivity contribution in [3.8, 4) is 17.2 Å². The van der Waals surface area contributed by atoms with Gasteiger partial charge in [-0.3, -0.25) is 9.59 Å². The van der Waals surface area contributed by atoms with Crippen molar-refractivity contribution in [3.05, 3.63) is 81.3 Å². The van der Waals surface area contributed by atoms with Crippen LogP contribution in [-0.2, 0) is 20.9 Å². The Balaban J connectivity index is 1.90. The molecule has 1 aliphatic rings. The highest BCUT2D eigenvalue weighted by molar-refractivity contribution is 9.10. The smallest absolute Gasteiger partial charge is 0.306 e. The molecule has 3 aromatic rings. The summed E-state index contributed by atoms with van der Waals surface area (Å²) in [5.41, 5.74) is 3.69. The molecule has 0 aliphatic carbocycles. The van der Waals surface area contributed by atoms with Gasteiger partial charge in [-0.05, 0) is 54.4 Å². The number of aliphatic carboxylic acids is 1. The van der Waals surface area contributed by atoms with Gasteiger partial charge in [0.15, 0.2) is 0 Å². The summed E-state index contributed by atoms with van der Waals surface area (Å²) in [5, 5.41) is 9.63. The Hall–Kier alpha value is -3.56. The molecule has 0 spiro atoms. The number of carboxylic acids is 1. The zero-order valence-electron chi connectivity index (χ0n) is 21.0. The van der Waals surface area contributed by atoms with Gasteiger partial charge in [0.05, 0.1) is 40.0 Å². The molecular weight excluding hydrogens is 542 g/mol. The first-order valence-corrected chi connectivity index (χ1v) is 12.4. The highest BCUT2D eigenvalue weighted by Crippen LogP contribution is 2.43. The van der Waals surface area contributed by atoms with Gasteiger partial charge in [0.2, 0.25) is 0 Å². The van der Waals surface area contributed by atoms with E-state index in [9.17, 15) is 14.7 Å². The zero-order valence-corrected chi connectivity index (χ0v) is 22.6. The van der Waals surface area contributed by atoms with Gasteiger partial charge >= 0.3 is 5.97 Å². The number of fused-ring (bicyclic) bond motifs is 1. The van der Waals surface area contributed by atoms with Crippen LogP contribution in [0.1, 0.15) is 34.8 Å². The quantitative estimate of drug-likeness (QED) is 0.394. The van der Waals surface area contributed by atoms with Crippen molar-refractivity contribution in [2.75, 3.05) is 26.2 Å². The van der Waals surface area contributed by atoms with Gasteiger partial charge < -0.3 is 29.0 Å². The minimum absolute atomic E-state index is 0.143. The molecule has 37 heavy (non-hydrogen) atoms. The van der Waals surface area contributed by atoms with E-state index in [0.717, 1.165) is 26.7 Å². The predicted molar refractivity (Wildman–Crippen MR) is 142 cm³/mol. The lowest BCUT2D eigenvalue weighted by Crippen LogP contribution is -2.40. The lowest BCUT2D eigenvalue weighted by atomic mass is 9.95. The Morgan fingerprint density at radius 2 is 1.76 bits per heavy atom. The molecule has 0 unspecified atom stereocenters. The van der Waals surface area contributed by atoms with Crippen LogP contribution in [-0.4, -0.2) is 44.4 Å². The number of halogens is 1. The molecule has 1 heterocycles. The number of methoxy groups -OCH3 is 3. The van der Waals surface area contributed by atoms with E-state index in [0.29, 0.717) is 22.9 Å². The molecule has 8 nitrogen and oxygen atoms in total. The van der Waals surface area contributed by atoms with Crippen LogP contribution in [0.4, 0.5) is 5.69 Å². The molecule has 194 valence electrons. The number of carboxylic acid groups (broad SMARTS) is 1. The molecule has 0 saturated carbocycles. The molecule has 1 N–H and O–H groups in total. The summed E-state index contributed by atoms with van der Waals surface area (Å²) in [6.45, 7) is 2.05. The molecule has 0 fully saturated rings. The van der Waals surface area contributed by atoms with Gasteiger partial charge in [-0.1, -0.05) is 28.1 Å². The largest absolute Gasteiger partial charge is 0.497 e. The van der Waals surface area contributed by atoms with E-state index in [1.807, 2.05) is 49.4 Å². The number of hydrogen-bond donors (Lipinski definition) is 1. The Morgan fingerprint density at radius 1 is 1.00 bits per heavy atom. The standard InChI is InChI=1S/C28H28BrNO7/c1-16-20(6-5-7-23(16)35-3)27-21-12-18(29)9-11-22(21)30(28(33)25(37-27)14-26(31)32)15-17-8-10-19(34-2)13-24(17)36-4/h5-13,25,27H,14-15H2,1-4H3,(H,31,32)/t25-,27-/m1/s1. The van der Waals surface area contributed by atoms with Crippen LogP contribution < -0.4 is 19.1 Å². The van der Waals surface area contributed by atoms with E-state index < -0.39 is 30.5 Å². The number of benzene rings is 3. The third kappa shape index (κ3) is 5.42. The van der Waals surface area contributed by atoms with Crippen molar-refractivity contribution in [2.45, 2.75) is 32.1 Å². The van der Waals surface area contributed by atoms with Gasteiger partial charge in [-0.25, -0.2) is 0 Å². The first-order chi connectivity index (χ1) is 17.8. The summed E-state index contributed by atoms with van der Waals surface area (Å²) < 4.78 is 23.5. The lowest BCUT2D eigenvalue weighted by molar-refractivity contribution is -0.147. The highest BCUT2D eigenvalue weighted by Gasteiger charge is 2.38. The van der Waals surface area contributed by atoms with Crippen molar-refractivity contribution >= 4 is 33.5 Å². The fourth-order valence-corrected chi connectivity index (χ4v) is 4.94. The molecule has 0 aromatic heterocycles. The second kappa shape index (κ2) is 11.2. The van der Waals surface area contributed by atoms with Crippen LogP contribution in [0.2, 0.25) is 0 Å². The fraction of sp³-hybridized carbons (Fsp3) is 0.286. The van der Waals surface area contributed by atoms with Gasteiger partial charge in [-0.2, -0.15) is 0 Å². The third-order valence-electron chi connectivity index (χ3n) is 6.42. The maximum absolute atomic E-state index is 13.9. The van der Waals surface area contributed by atoms with E-state index >= 15 is 0 Å². The maximum atomic E-state index is 13.9. The van der Waals surface area contributed by atoms with E-state index in [1.54, 1.807) is 38.4 Å². The average molecular weight is 570 g/mol. The average Bonchev–Trinajstić information content (AvgIpc) is 2.99. The molecule has 9 heteroatoms. The SMILES string of the molecule is COc1ccc(CN2C(=O)[C@@H](CC(=O)O)O[C@H](c3cccc(OC)c3C)c3cc(Br)ccc32)c(OC)c1. The number of nitrogens with zero attached hydrogens (tertiary/aromatic N) is 1. The number of rotatable bonds is 8. The van der Waals surface area contributed by atoms with Crippen LogP contribution in [0.25, 0.3) is 0 Å². The third-order valence-corrected chi connectivity index (χ3v) is 6.91. The van der Waals surface area contributed by atoms with Crippen molar-refractivity contribution in [1.29, 1.82) is 0 Å². The number of anilines is 1. The van der Waals surface area contributed by atoms with E-state index in [1.165, 1.54) is 0 Å². The monoisotopic (exact) mass is 569 g/mol. The second-order valence-corrected chi connectivity index (χ2v) is 9.50. The number of amides is 1. The van der Waals surface area contributed by atoms with Crippen LogP contribution >= 0.6 is 15.9 Å². The van der Waals surface area contributed by atoms with E-state index in [-0.39, 0.29) is 6.54 Å². The van der Waals surface area contributed by atoms with Gasteiger partial charge in [0.25, 0.3) is 5.91 Å². The number of ether oxygens (including phenoxy) is 4. The van der Waals surface area contributed by atoms with E-state index in [4.69, 9.17) is 18.9 Å². The molecular formula is C28H28BrNO7. The first kappa shape index (κ1) is 26.5. The number of carbonyl (C=O) groups excluding carboxylic acids is 1. The molecule has 4 rings (SSSR count). The van der Waals surface area contributed by atoms with Gasteiger partial charge in [0, 0.05) is 21.7 Å². The van der Waals surface area contributed by atoms with Crippen molar-refractivity contribution < 1.29 is 33.6 Å². The molecule has 0 radical (unpaired) electrons. The maximum Gasteiger partial charge on any atom is 0.306 e. The van der Waals surface area contributed by atoms with Crippen molar-refractivity contribution in [3.63, 3.8) is 0 Å². The van der Waals surface area contributed by atoms with Crippen molar-refractivity contribution in [2.24, 2.45) is 0 Å². The lowest BCUT2D eigenvalue weighted by Gasteiger charge is -2.26. The van der Waals surface area contributed by atoms with Crippen LogP contribution in [0.15, 0.2) is 59.1 Å². The predicted octanol–water partition coefficient (Wildman–Crippen LogP) is 5.28. The number of hydrogen-bond acceptors (Lipinski definition) is 6. The summed E-state index contributed by atoms with van der Waals surface area (Å²) >= 11 is 3.55. The highest BCUT2D eigenvalue weighted by atomic mass is 79.9. The second-order valence-electron chi connectivity index (χ2n) is 8.58. The normalized spacial score (nSPS) is 17.1. The van der Waals surface area contributed by atoms with Gasteiger partial charge in [-0.15, -0.1) is 0 Å². The summed E-state index contributed by atoms with van der Waals surface area (Å²) in [4.78, 5) is 27.2. The van der Waals surface area contributed by atoms with E-state index in [2.05, 4.69) is 15.9 Å².